The van der Waals surface area contributed by atoms with Gasteiger partial charge in [-0.25, -0.2) is 0 Å². The Bertz CT molecular complexity index is 1050. The van der Waals surface area contributed by atoms with Gasteiger partial charge in [-0.1, -0.05) is 50.6 Å². The third-order valence-electron chi connectivity index (χ3n) is 7.13. The molecule has 1 aromatic heterocycles. The van der Waals surface area contributed by atoms with Crippen molar-refractivity contribution in [1.82, 2.24) is 20.0 Å². The molecule has 2 atom stereocenters. The van der Waals surface area contributed by atoms with E-state index in [1.807, 2.05) is 4.90 Å². The number of amides is 2. The summed E-state index contributed by atoms with van der Waals surface area (Å²) in [6.45, 7) is 15.8. The number of likely N-dealkylation sites (tertiary alicyclic amines) is 1. The molecule has 1 N–H and O–H groups in total. The van der Waals surface area contributed by atoms with Crippen molar-refractivity contribution in [1.29, 1.82) is 0 Å². The molecule has 2 saturated heterocycles. The van der Waals surface area contributed by atoms with E-state index in [-0.39, 0.29) is 29.3 Å². The van der Waals surface area contributed by atoms with E-state index in [1.165, 1.54) is 15.3 Å². The second-order valence-corrected chi connectivity index (χ2v) is 13.0. The number of piperazine rings is 1. The molecule has 2 amide bonds. The number of aryl methyl sites for hydroxylation is 2. The van der Waals surface area contributed by atoms with Gasteiger partial charge in [0.05, 0.1) is 6.04 Å². The SMILES string of the molecule is Cc1cccc(CN(C(=O)CC(C)(C)C)[C@H]2C[C@@H](C(=O)N3CCNCC3)N(Cc3ccc(C)s3)C2)c1. The highest BCUT2D eigenvalue weighted by molar-refractivity contribution is 7.11. The van der Waals surface area contributed by atoms with E-state index in [0.717, 1.165) is 44.8 Å². The molecule has 0 unspecified atom stereocenters. The van der Waals surface area contributed by atoms with Crippen LogP contribution in [-0.2, 0) is 22.7 Å². The van der Waals surface area contributed by atoms with Crippen molar-refractivity contribution in [2.45, 2.75) is 72.6 Å². The van der Waals surface area contributed by atoms with E-state index < -0.39 is 0 Å². The highest BCUT2D eigenvalue weighted by atomic mass is 32.1. The molecule has 7 heteroatoms. The standard InChI is InChI=1S/C29H42N4O2S/c1-21-7-6-8-23(15-21)18-33(27(34)17-29(3,4)5)24-16-26(28(35)31-13-11-30-12-14-31)32(19-24)20-25-10-9-22(2)36-25/h6-10,15,24,26,30H,11-14,16-20H2,1-5H3/t24-,26-/m0/s1. The zero-order chi connectivity index (χ0) is 25.9. The number of carbonyl (C=O) groups excluding carboxylic acids is 2. The van der Waals surface area contributed by atoms with Crippen molar-refractivity contribution in [3.63, 3.8) is 0 Å². The molecule has 3 heterocycles. The molecule has 0 bridgehead atoms. The molecule has 0 spiro atoms. The average Bonchev–Trinajstić information content (AvgIpc) is 3.42. The summed E-state index contributed by atoms with van der Waals surface area (Å²) in [5.74, 6) is 0.391. The molecule has 196 valence electrons. The topological polar surface area (TPSA) is 55.9 Å². The van der Waals surface area contributed by atoms with Crippen LogP contribution in [0.5, 0.6) is 0 Å². The van der Waals surface area contributed by atoms with Crippen LogP contribution in [0.25, 0.3) is 0 Å². The number of benzene rings is 1. The first-order chi connectivity index (χ1) is 17.1. The summed E-state index contributed by atoms with van der Waals surface area (Å²) in [4.78, 5) is 36.4. The van der Waals surface area contributed by atoms with Gasteiger partial charge >= 0.3 is 0 Å². The molecule has 0 saturated carbocycles. The molecule has 2 fully saturated rings. The first kappa shape index (κ1) is 26.8. The van der Waals surface area contributed by atoms with Crippen molar-refractivity contribution in [3.8, 4) is 0 Å². The maximum atomic E-state index is 13.7. The summed E-state index contributed by atoms with van der Waals surface area (Å²) >= 11 is 1.79. The van der Waals surface area contributed by atoms with E-state index in [0.29, 0.717) is 19.4 Å². The lowest BCUT2D eigenvalue weighted by Crippen LogP contribution is -2.52. The predicted molar refractivity (Wildman–Crippen MR) is 147 cm³/mol. The summed E-state index contributed by atoms with van der Waals surface area (Å²) in [6.07, 6.45) is 1.19. The molecule has 2 aliphatic heterocycles. The fourth-order valence-corrected chi connectivity index (χ4v) is 6.30. The van der Waals surface area contributed by atoms with Gasteiger partial charge in [0.1, 0.15) is 0 Å². The number of carbonyl (C=O) groups is 2. The lowest BCUT2D eigenvalue weighted by atomic mass is 9.91. The second kappa shape index (κ2) is 11.4. The molecule has 0 radical (unpaired) electrons. The molecule has 2 aliphatic rings. The van der Waals surface area contributed by atoms with Crippen LogP contribution >= 0.6 is 11.3 Å². The number of rotatable bonds is 7. The first-order valence-electron chi connectivity index (χ1n) is 13.2. The van der Waals surface area contributed by atoms with Gasteiger partial charge in [0.15, 0.2) is 0 Å². The van der Waals surface area contributed by atoms with E-state index in [9.17, 15) is 9.59 Å². The fourth-order valence-electron chi connectivity index (χ4n) is 5.39. The monoisotopic (exact) mass is 510 g/mol. The van der Waals surface area contributed by atoms with Gasteiger partial charge in [-0.3, -0.25) is 14.5 Å². The normalized spacial score (nSPS) is 21.1. The van der Waals surface area contributed by atoms with Crippen molar-refractivity contribution in [2.24, 2.45) is 5.41 Å². The second-order valence-electron chi connectivity index (χ2n) is 11.7. The van der Waals surface area contributed by atoms with Crippen LogP contribution in [-0.4, -0.2) is 71.3 Å². The summed E-state index contributed by atoms with van der Waals surface area (Å²) in [6, 6.07) is 12.6. The van der Waals surface area contributed by atoms with Gasteiger partial charge in [0.25, 0.3) is 0 Å². The fraction of sp³-hybridized carbons (Fsp3) is 0.586. The third-order valence-corrected chi connectivity index (χ3v) is 8.11. The van der Waals surface area contributed by atoms with Crippen LogP contribution in [0.4, 0.5) is 0 Å². The summed E-state index contributed by atoms with van der Waals surface area (Å²) < 4.78 is 0. The Labute approximate surface area is 220 Å². The maximum absolute atomic E-state index is 13.7. The molecule has 4 rings (SSSR count). The first-order valence-corrected chi connectivity index (χ1v) is 14.0. The molecule has 6 nitrogen and oxygen atoms in total. The molecule has 36 heavy (non-hydrogen) atoms. The Morgan fingerprint density at radius 3 is 2.50 bits per heavy atom. The van der Waals surface area contributed by atoms with Gasteiger partial charge in [-0.15, -0.1) is 11.3 Å². The number of hydrogen-bond acceptors (Lipinski definition) is 5. The quantitative estimate of drug-likeness (QED) is 0.607. The number of nitrogens with one attached hydrogen (secondary N) is 1. The molecular weight excluding hydrogens is 468 g/mol. The Balaban J connectivity index is 1.60. The number of hydrogen-bond donors (Lipinski definition) is 1. The van der Waals surface area contributed by atoms with Crippen molar-refractivity contribution in [3.05, 3.63) is 57.3 Å². The van der Waals surface area contributed by atoms with Crippen molar-refractivity contribution < 1.29 is 9.59 Å². The van der Waals surface area contributed by atoms with Gasteiger partial charge in [-0.05, 0) is 43.4 Å². The van der Waals surface area contributed by atoms with Crippen molar-refractivity contribution in [2.75, 3.05) is 32.7 Å². The maximum Gasteiger partial charge on any atom is 0.240 e. The minimum Gasteiger partial charge on any atom is -0.339 e. The minimum atomic E-state index is -0.196. The van der Waals surface area contributed by atoms with E-state index >= 15 is 0 Å². The zero-order valence-electron chi connectivity index (χ0n) is 22.5. The number of nitrogens with zero attached hydrogens (tertiary/aromatic N) is 3. The third kappa shape index (κ3) is 6.96. The smallest absolute Gasteiger partial charge is 0.240 e. The molecule has 1 aromatic carbocycles. The van der Waals surface area contributed by atoms with Gasteiger partial charge in [-0.2, -0.15) is 0 Å². The Morgan fingerprint density at radius 1 is 1.11 bits per heavy atom. The Hall–Kier alpha value is -2.22. The van der Waals surface area contributed by atoms with Crippen molar-refractivity contribution >= 4 is 23.2 Å². The molecule has 2 aromatic rings. The van der Waals surface area contributed by atoms with Gasteiger partial charge < -0.3 is 15.1 Å². The summed E-state index contributed by atoms with van der Waals surface area (Å²) in [5.41, 5.74) is 2.25. The molecule has 0 aliphatic carbocycles. The summed E-state index contributed by atoms with van der Waals surface area (Å²) in [7, 11) is 0. The predicted octanol–water partition coefficient (Wildman–Crippen LogP) is 4.20. The summed E-state index contributed by atoms with van der Waals surface area (Å²) in [5, 5.41) is 3.35. The number of thiophene rings is 1. The van der Waals surface area contributed by atoms with E-state index in [4.69, 9.17) is 0 Å². The van der Waals surface area contributed by atoms with Crippen LogP contribution in [0.2, 0.25) is 0 Å². The van der Waals surface area contributed by atoms with Gasteiger partial charge in [0, 0.05) is 68.0 Å². The van der Waals surface area contributed by atoms with Crippen LogP contribution in [0.3, 0.4) is 0 Å². The average molecular weight is 511 g/mol. The Kier molecular flexibility index (Phi) is 8.53. The highest BCUT2D eigenvalue weighted by Gasteiger charge is 2.42. The largest absolute Gasteiger partial charge is 0.339 e. The molecular formula is C29H42N4O2S. The van der Waals surface area contributed by atoms with Crippen LogP contribution < -0.4 is 5.32 Å². The lowest BCUT2D eigenvalue weighted by molar-refractivity contribution is -0.138. The highest BCUT2D eigenvalue weighted by Crippen LogP contribution is 2.31. The van der Waals surface area contributed by atoms with Crippen LogP contribution in [0.1, 0.15) is 54.5 Å². The van der Waals surface area contributed by atoms with Crippen LogP contribution in [0.15, 0.2) is 36.4 Å². The zero-order valence-corrected chi connectivity index (χ0v) is 23.4. The van der Waals surface area contributed by atoms with E-state index in [1.54, 1.807) is 11.3 Å². The Morgan fingerprint density at radius 2 is 1.86 bits per heavy atom. The van der Waals surface area contributed by atoms with Crippen LogP contribution in [0, 0.1) is 19.3 Å². The van der Waals surface area contributed by atoms with E-state index in [2.05, 4.69) is 86.1 Å². The van der Waals surface area contributed by atoms with Gasteiger partial charge in [0.2, 0.25) is 11.8 Å². The minimum absolute atomic E-state index is 0.0123. The lowest BCUT2D eigenvalue weighted by Gasteiger charge is -2.32.